The molecule has 0 amide bonds. The number of thiophene rings is 1. The molecule has 0 spiro atoms. The molecule has 0 bridgehead atoms. The molecule has 0 radical (unpaired) electrons. The second kappa shape index (κ2) is 9.36. The Labute approximate surface area is 183 Å². The molecule has 0 aliphatic carbocycles. The van der Waals surface area contributed by atoms with Crippen molar-refractivity contribution in [1.82, 2.24) is 0 Å². The Morgan fingerprint density at radius 1 is 1.26 bits per heavy atom. The van der Waals surface area contributed by atoms with Crippen molar-refractivity contribution < 1.29 is 28.5 Å². The SMILES string of the molecule is CCOC(=O)C1=C(C)OC(N)=C(C#N)C1c1ccc(OC(=O)c2cccs2)c(OC)c1. The van der Waals surface area contributed by atoms with Gasteiger partial charge in [0.2, 0.25) is 5.88 Å². The summed E-state index contributed by atoms with van der Waals surface area (Å²) in [6, 6.07) is 10.2. The van der Waals surface area contributed by atoms with E-state index in [-0.39, 0.29) is 40.9 Å². The molecule has 31 heavy (non-hydrogen) atoms. The normalized spacial score (nSPS) is 15.7. The average molecular weight is 440 g/mol. The quantitative estimate of drug-likeness (QED) is 0.534. The number of ether oxygens (including phenoxy) is 4. The maximum Gasteiger partial charge on any atom is 0.353 e. The maximum absolute atomic E-state index is 12.6. The molecule has 8 nitrogen and oxygen atoms in total. The summed E-state index contributed by atoms with van der Waals surface area (Å²) in [6.45, 7) is 3.42. The number of methoxy groups -OCH3 is 1. The molecule has 1 aliphatic heterocycles. The summed E-state index contributed by atoms with van der Waals surface area (Å²) in [7, 11) is 1.42. The lowest BCUT2D eigenvalue weighted by Gasteiger charge is -2.27. The monoisotopic (exact) mass is 440 g/mol. The van der Waals surface area contributed by atoms with Crippen LogP contribution in [0.5, 0.6) is 11.5 Å². The first-order valence-electron chi connectivity index (χ1n) is 9.30. The Morgan fingerprint density at radius 3 is 2.65 bits per heavy atom. The lowest BCUT2D eigenvalue weighted by Crippen LogP contribution is -2.25. The highest BCUT2D eigenvalue weighted by Gasteiger charge is 2.36. The number of esters is 2. The number of carbonyl (C=O) groups is 2. The van der Waals surface area contributed by atoms with E-state index in [1.807, 2.05) is 6.07 Å². The van der Waals surface area contributed by atoms with E-state index >= 15 is 0 Å². The van der Waals surface area contributed by atoms with Crippen LogP contribution in [0.1, 0.15) is 35.0 Å². The number of nitrogens with two attached hydrogens (primary N) is 1. The number of allylic oxidation sites excluding steroid dienone is 2. The maximum atomic E-state index is 12.6. The third-order valence-corrected chi connectivity index (χ3v) is 5.40. The van der Waals surface area contributed by atoms with E-state index in [0.29, 0.717) is 10.4 Å². The molecular weight excluding hydrogens is 420 g/mol. The van der Waals surface area contributed by atoms with Crippen LogP contribution in [0.4, 0.5) is 0 Å². The second-order valence-corrected chi connectivity index (χ2v) is 7.34. The van der Waals surface area contributed by atoms with Crippen LogP contribution in [0.3, 0.4) is 0 Å². The first-order valence-corrected chi connectivity index (χ1v) is 10.2. The third kappa shape index (κ3) is 4.39. The molecule has 1 unspecified atom stereocenters. The van der Waals surface area contributed by atoms with E-state index in [4.69, 9.17) is 24.7 Å². The van der Waals surface area contributed by atoms with Gasteiger partial charge in [0.05, 0.1) is 25.2 Å². The number of nitrogens with zero attached hydrogens (tertiary/aromatic N) is 1. The molecule has 9 heteroatoms. The summed E-state index contributed by atoms with van der Waals surface area (Å²) in [5.74, 6) is -1.35. The number of benzene rings is 1. The smallest absolute Gasteiger partial charge is 0.353 e. The van der Waals surface area contributed by atoms with Crippen molar-refractivity contribution in [3.63, 3.8) is 0 Å². The zero-order valence-electron chi connectivity index (χ0n) is 17.1. The fourth-order valence-corrected chi connectivity index (χ4v) is 3.78. The molecule has 160 valence electrons. The summed E-state index contributed by atoms with van der Waals surface area (Å²) in [5, 5.41) is 11.4. The molecule has 1 atom stereocenters. The van der Waals surface area contributed by atoms with Gasteiger partial charge in [-0.05, 0) is 43.0 Å². The molecule has 2 aromatic rings. The number of hydrogen-bond acceptors (Lipinski definition) is 9. The molecule has 1 aromatic heterocycles. The predicted molar refractivity (Wildman–Crippen MR) is 112 cm³/mol. The summed E-state index contributed by atoms with van der Waals surface area (Å²) < 4.78 is 21.4. The zero-order valence-corrected chi connectivity index (χ0v) is 17.9. The Morgan fingerprint density at radius 2 is 2.03 bits per heavy atom. The highest BCUT2D eigenvalue weighted by atomic mass is 32.1. The summed E-state index contributed by atoms with van der Waals surface area (Å²) in [4.78, 5) is 25.4. The minimum Gasteiger partial charge on any atom is -0.493 e. The minimum absolute atomic E-state index is 0.0686. The van der Waals surface area contributed by atoms with Gasteiger partial charge in [-0.2, -0.15) is 5.26 Å². The third-order valence-electron chi connectivity index (χ3n) is 4.55. The van der Waals surface area contributed by atoms with Crippen molar-refractivity contribution in [2.75, 3.05) is 13.7 Å². The van der Waals surface area contributed by atoms with Crippen LogP contribution >= 0.6 is 11.3 Å². The van der Waals surface area contributed by atoms with Gasteiger partial charge in [0.1, 0.15) is 22.3 Å². The van der Waals surface area contributed by atoms with E-state index in [0.717, 1.165) is 0 Å². The second-order valence-electron chi connectivity index (χ2n) is 6.39. The largest absolute Gasteiger partial charge is 0.493 e. The molecule has 0 fully saturated rings. The molecule has 1 aliphatic rings. The summed E-state index contributed by atoms with van der Waals surface area (Å²) >= 11 is 1.26. The Hall–Kier alpha value is -3.77. The molecule has 2 heterocycles. The van der Waals surface area contributed by atoms with Crippen LogP contribution < -0.4 is 15.2 Å². The average Bonchev–Trinajstić information content (AvgIpc) is 3.28. The van der Waals surface area contributed by atoms with E-state index in [9.17, 15) is 14.9 Å². The van der Waals surface area contributed by atoms with Crippen molar-refractivity contribution in [1.29, 1.82) is 5.26 Å². The Bertz CT molecular complexity index is 1110. The van der Waals surface area contributed by atoms with Gasteiger partial charge in [-0.15, -0.1) is 11.3 Å². The van der Waals surface area contributed by atoms with E-state index in [2.05, 4.69) is 0 Å². The molecule has 1 aromatic carbocycles. The van der Waals surface area contributed by atoms with Crippen LogP contribution in [-0.2, 0) is 14.3 Å². The number of rotatable bonds is 6. The first-order chi connectivity index (χ1) is 14.9. The van der Waals surface area contributed by atoms with Crippen LogP contribution in [-0.4, -0.2) is 25.7 Å². The molecule has 2 N–H and O–H groups in total. The summed E-state index contributed by atoms with van der Waals surface area (Å²) in [5.41, 5.74) is 6.67. The van der Waals surface area contributed by atoms with Gasteiger partial charge >= 0.3 is 11.9 Å². The predicted octanol–water partition coefficient (Wildman–Crippen LogP) is 3.62. The zero-order chi connectivity index (χ0) is 22.5. The minimum atomic E-state index is -0.825. The van der Waals surface area contributed by atoms with Gasteiger partial charge in [-0.3, -0.25) is 0 Å². The van der Waals surface area contributed by atoms with Gasteiger partial charge < -0.3 is 24.7 Å². The van der Waals surface area contributed by atoms with Crippen molar-refractivity contribution in [2.45, 2.75) is 19.8 Å². The Balaban J connectivity index is 2.04. The van der Waals surface area contributed by atoms with Gasteiger partial charge in [0.25, 0.3) is 0 Å². The highest BCUT2D eigenvalue weighted by Crippen LogP contribution is 2.42. The number of nitriles is 1. The van der Waals surface area contributed by atoms with Gasteiger partial charge in [0.15, 0.2) is 11.5 Å². The Kier molecular flexibility index (Phi) is 6.62. The fraction of sp³-hybridized carbons (Fsp3) is 0.227. The number of carbonyl (C=O) groups excluding carboxylic acids is 2. The number of hydrogen-bond donors (Lipinski definition) is 1. The molecule has 0 saturated heterocycles. The lowest BCUT2D eigenvalue weighted by atomic mass is 9.83. The highest BCUT2D eigenvalue weighted by molar-refractivity contribution is 7.12. The van der Waals surface area contributed by atoms with Gasteiger partial charge in [0, 0.05) is 0 Å². The molecule has 3 rings (SSSR count). The molecular formula is C22H20N2O6S. The molecule has 0 saturated carbocycles. The van der Waals surface area contributed by atoms with Crippen molar-refractivity contribution in [2.24, 2.45) is 5.73 Å². The van der Waals surface area contributed by atoms with Crippen molar-refractivity contribution in [3.8, 4) is 17.6 Å². The van der Waals surface area contributed by atoms with Crippen molar-refractivity contribution >= 4 is 23.3 Å². The van der Waals surface area contributed by atoms with Gasteiger partial charge in [-0.1, -0.05) is 12.1 Å². The van der Waals surface area contributed by atoms with E-state index in [1.54, 1.807) is 49.6 Å². The van der Waals surface area contributed by atoms with Crippen molar-refractivity contribution in [3.05, 3.63) is 68.9 Å². The van der Waals surface area contributed by atoms with Crippen LogP contribution in [0.25, 0.3) is 0 Å². The van der Waals surface area contributed by atoms with E-state index < -0.39 is 17.9 Å². The fourth-order valence-electron chi connectivity index (χ4n) is 3.18. The van der Waals surface area contributed by atoms with Crippen LogP contribution in [0.15, 0.2) is 58.5 Å². The summed E-state index contributed by atoms with van der Waals surface area (Å²) in [6.07, 6.45) is 0. The van der Waals surface area contributed by atoms with Crippen LogP contribution in [0, 0.1) is 11.3 Å². The van der Waals surface area contributed by atoms with Gasteiger partial charge in [-0.25, -0.2) is 9.59 Å². The first kappa shape index (κ1) is 21.9. The lowest BCUT2D eigenvalue weighted by molar-refractivity contribution is -0.139. The topological polar surface area (TPSA) is 121 Å². The standard InChI is InChI=1S/C22H20N2O6S/c1-4-28-22(26)18-12(2)29-20(24)14(11-23)19(18)13-7-8-15(16(10-13)27-3)30-21(25)17-6-5-9-31-17/h5-10,19H,4,24H2,1-3H3. The van der Waals surface area contributed by atoms with Crippen LogP contribution in [0.2, 0.25) is 0 Å². The van der Waals surface area contributed by atoms with E-state index in [1.165, 1.54) is 18.4 Å².